The van der Waals surface area contributed by atoms with Crippen LogP contribution in [0, 0.1) is 27.7 Å². The average molecular weight is 443 g/mol. The number of aromatic nitrogens is 1. The highest BCUT2D eigenvalue weighted by atomic mass is 32.2. The summed E-state index contributed by atoms with van der Waals surface area (Å²) in [4.78, 5) is 4.94. The number of hydrogen-bond donors (Lipinski definition) is 1. The molecule has 0 aliphatic heterocycles. The van der Waals surface area contributed by atoms with Crippen molar-refractivity contribution < 1.29 is 8.42 Å². The third kappa shape index (κ3) is 4.30. The lowest BCUT2D eigenvalue weighted by molar-refractivity contribution is 0.596. The third-order valence-electron chi connectivity index (χ3n) is 5.48. The second kappa shape index (κ2) is 8.60. The van der Waals surface area contributed by atoms with Gasteiger partial charge in [0, 0.05) is 11.4 Å². The minimum atomic E-state index is -3.76. The number of benzene rings is 3. The van der Waals surface area contributed by atoms with Crippen LogP contribution >= 0.6 is 0 Å². The molecule has 0 spiro atoms. The van der Waals surface area contributed by atoms with Crippen molar-refractivity contribution in [2.75, 3.05) is 5.32 Å². The summed E-state index contributed by atoms with van der Waals surface area (Å²) in [6.45, 7) is 7.91. The molecule has 3 aromatic carbocycles. The number of sulfone groups is 1. The van der Waals surface area contributed by atoms with Crippen molar-refractivity contribution in [1.82, 2.24) is 4.98 Å². The van der Waals surface area contributed by atoms with E-state index in [9.17, 15) is 8.42 Å². The summed E-state index contributed by atoms with van der Waals surface area (Å²) in [7, 11) is -3.76. The molecule has 4 rings (SSSR count). The van der Waals surface area contributed by atoms with Gasteiger partial charge in [-0.2, -0.15) is 0 Å². The zero-order valence-electron chi connectivity index (χ0n) is 18.7. The summed E-state index contributed by atoms with van der Waals surface area (Å²) in [6, 6.07) is 24.4. The van der Waals surface area contributed by atoms with Gasteiger partial charge in [-0.1, -0.05) is 60.2 Å². The van der Waals surface area contributed by atoms with Crippen LogP contribution in [0.1, 0.15) is 22.4 Å². The lowest BCUT2D eigenvalue weighted by Crippen LogP contribution is -2.09. The topological polar surface area (TPSA) is 59.1 Å². The molecule has 4 nitrogen and oxygen atoms in total. The molecule has 1 heterocycles. The highest BCUT2D eigenvalue weighted by molar-refractivity contribution is 7.91. The van der Waals surface area contributed by atoms with E-state index in [2.05, 4.69) is 22.4 Å². The second-order valence-electron chi connectivity index (χ2n) is 8.09. The molecule has 4 aromatic rings. The maximum Gasteiger partial charge on any atom is 0.210 e. The van der Waals surface area contributed by atoms with Crippen LogP contribution in [0.4, 0.5) is 11.5 Å². The van der Waals surface area contributed by atoms with Crippen molar-refractivity contribution in [3.63, 3.8) is 0 Å². The van der Waals surface area contributed by atoms with E-state index in [1.807, 2.05) is 70.2 Å². The zero-order valence-corrected chi connectivity index (χ0v) is 19.5. The monoisotopic (exact) mass is 442 g/mol. The molecule has 5 heteroatoms. The maximum atomic E-state index is 13.5. The highest BCUT2D eigenvalue weighted by Gasteiger charge is 2.23. The van der Waals surface area contributed by atoms with Crippen LogP contribution in [0.2, 0.25) is 0 Å². The standard InChI is InChI=1S/C27H26N2O2S/c1-18-16-19(2)26(20(3)17-18)29-27-25(15-10-21(4)28-27)32(30,31)24-13-11-23(12-14-24)22-8-6-5-7-9-22/h5-17H,1-4H3,(H,28,29). The number of rotatable bonds is 5. The van der Waals surface area contributed by atoms with E-state index in [0.29, 0.717) is 5.82 Å². The van der Waals surface area contributed by atoms with Gasteiger partial charge in [-0.3, -0.25) is 0 Å². The summed E-state index contributed by atoms with van der Waals surface area (Å²) in [5.41, 5.74) is 6.88. The van der Waals surface area contributed by atoms with Crippen molar-refractivity contribution in [2.24, 2.45) is 0 Å². The lowest BCUT2D eigenvalue weighted by Gasteiger charge is -2.17. The predicted octanol–water partition coefficient (Wildman–Crippen LogP) is 6.56. The van der Waals surface area contributed by atoms with Crippen molar-refractivity contribution >= 4 is 21.3 Å². The Morgan fingerprint density at radius 2 is 1.31 bits per heavy atom. The molecular formula is C27H26N2O2S. The molecule has 32 heavy (non-hydrogen) atoms. The summed E-state index contributed by atoms with van der Waals surface area (Å²) < 4.78 is 27.1. The van der Waals surface area contributed by atoms with Crippen molar-refractivity contribution in [1.29, 1.82) is 0 Å². The lowest BCUT2D eigenvalue weighted by atomic mass is 10.1. The molecule has 0 amide bonds. The van der Waals surface area contributed by atoms with Gasteiger partial charge < -0.3 is 5.32 Å². The fraction of sp³-hybridized carbons (Fsp3) is 0.148. The molecule has 0 aliphatic rings. The smallest absolute Gasteiger partial charge is 0.210 e. The third-order valence-corrected chi connectivity index (χ3v) is 7.28. The summed E-state index contributed by atoms with van der Waals surface area (Å²) in [5.74, 6) is 0.340. The van der Waals surface area contributed by atoms with Crippen LogP contribution in [-0.2, 0) is 9.84 Å². The van der Waals surface area contributed by atoms with Crippen molar-refractivity contribution in [2.45, 2.75) is 37.5 Å². The first-order valence-electron chi connectivity index (χ1n) is 10.5. The van der Waals surface area contributed by atoms with Crippen LogP contribution in [0.5, 0.6) is 0 Å². The van der Waals surface area contributed by atoms with Crippen LogP contribution in [0.15, 0.2) is 88.7 Å². The molecule has 0 bridgehead atoms. The summed E-state index contributed by atoms with van der Waals surface area (Å²) in [5, 5.41) is 3.30. The fourth-order valence-electron chi connectivity index (χ4n) is 3.93. The van der Waals surface area contributed by atoms with Gasteiger partial charge >= 0.3 is 0 Å². The van der Waals surface area contributed by atoms with E-state index in [1.54, 1.807) is 24.3 Å². The normalized spacial score (nSPS) is 11.4. The molecule has 0 radical (unpaired) electrons. The van der Waals surface area contributed by atoms with Gasteiger partial charge in [0.1, 0.15) is 10.7 Å². The molecule has 0 saturated carbocycles. The highest BCUT2D eigenvalue weighted by Crippen LogP contribution is 2.32. The largest absolute Gasteiger partial charge is 0.339 e. The van der Waals surface area contributed by atoms with Crippen molar-refractivity contribution in [3.8, 4) is 11.1 Å². The Hall–Kier alpha value is -3.44. The van der Waals surface area contributed by atoms with E-state index in [-0.39, 0.29) is 9.79 Å². The average Bonchev–Trinajstić information content (AvgIpc) is 2.77. The second-order valence-corrected chi connectivity index (χ2v) is 10.0. The molecule has 0 fully saturated rings. The number of aryl methyl sites for hydroxylation is 4. The van der Waals surface area contributed by atoms with Gasteiger partial charge in [0.05, 0.1) is 4.90 Å². The van der Waals surface area contributed by atoms with Crippen molar-refractivity contribution in [3.05, 3.63) is 101 Å². The number of pyridine rings is 1. The Labute approximate surface area is 189 Å². The van der Waals surface area contributed by atoms with Crippen LogP contribution in [0.25, 0.3) is 11.1 Å². The minimum absolute atomic E-state index is 0.162. The van der Waals surface area contributed by atoms with E-state index in [1.165, 1.54) is 0 Å². The van der Waals surface area contributed by atoms with Gasteiger partial charge in [-0.05, 0) is 74.2 Å². The van der Waals surface area contributed by atoms with Crippen LogP contribution in [0.3, 0.4) is 0 Å². The first-order chi connectivity index (χ1) is 15.3. The Bertz CT molecular complexity index is 1350. The first kappa shape index (κ1) is 21.8. The van der Waals surface area contributed by atoms with Crippen LogP contribution in [-0.4, -0.2) is 13.4 Å². The molecule has 0 atom stereocenters. The Morgan fingerprint density at radius 1 is 0.719 bits per heavy atom. The molecule has 162 valence electrons. The molecular weight excluding hydrogens is 416 g/mol. The SMILES string of the molecule is Cc1cc(C)c(Nc2nc(C)ccc2S(=O)(=O)c2ccc(-c3ccccc3)cc2)c(C)c1. The number of nitrogens with zero attached hydrogens (tertiary/aromatic N) is 1. The number of hydrogen-bond acceptors (Lipinski definition) is 4. The van der Waals surface area contributed by atoms with E-state index in [4.69, 9.17) is 0 Å². The maximum absolute atomic E-state index is 13.5. The van der Waals surface area contributed by atoms with Gasteiger partial charge in [0.2, 0.25) is 9.84 Å². The predicted molar refractivity (Wildman–Crippen MR) is 130 cm³/mol. The Balaban J connectivity index is 1.75. The van der Waals surface area contributed by atoms with Gasteiger partial charge in [-0.25, -0.2) is 13.4 Å². The van der Waals surface area contributed by atoms with Gasteiger partial charge in [-0.15, -0.1) is 0 Å². The van der Waals surface area contributed by atoms with E-state index < -0.39 is 9.84 Å². The number of nitrogens with one attached hydrogen (secondary N) is 1. The Morgan fingerprint density at radius 3 is 1.94 bits per heavy atom. The quantitative estimate of drug-likeness (QED) is 0.380. The van der Waals surface area contributed by atoms with Gasteiger partial charge in [0.15, 0.2) is 0 Å². The number of anilines is 2. The van der Waals surface area contributed by atoms with Crippen LogP contribution < -0.4 is 5.32 Å². The minimum Gasteiger partial charge on any atom is -0.339 e. The zero-order chi connectivity index (χ0) is 22.9. The van der Waals surface area contributed by atoms with Gasteiger partial charge in [0.25, 0.3) is 0 Å². The van der Waals surface area contributed by atoms with E-state index >= 15 is 0 Å². The molecule has 0 aliphatic carbocycles. The molecule has 0 saturated heterocycles. The summed E-state index contributed by atoms with van der Waals surface area (Å²) in [6.07, 6.45) is 0. The first-order valence-corrected chi connectivity index (χ1v) is 12.0. The molecule has 1 aromatic heterocycles. The fourth-order valence-corrected chi connectivity index (χ4v) is 5.28. The molecule has 0 unspecified atom stereocenters. The molecule has 1 N–H and O–H groups in total. The Kier molecular flexibility index (Phi) is 5.85. The van der Waals surface area contributed by atoms with E-state index in [0.717, 1.165) is 39.2 Å². The summed E-state index contributed by atoms with van der Waals surface area (Å²) >= 11 is 0.